The Kier molecular flexibility index (Phi) is 3.38. The molecule has 98 valence electrons. The minimum atomic E-state index is 0.339. The topological polar surface area (TPSA) is 26.0 Å². The summed E-state index contributed by atoms with van der Waals surface area (Å²) >= 11 is 6.40. The fourth-order valence-corrected chi connectivity index (χ4v) is 4.57. The Morgan fingerprint density at radius 3 is 2.72 bits per heavy atom. The molecule has 1 aromatic carbocycles. The van der Waals surface area contributed by atoms with Crippen LogP contribution in [0.15, 0.2) is 18.2 Å². The Bertz CT molecular complexity index is 435. The smallest absolute Gasteiger partial charge is 0.0440 e. The summed E-state index contributed by atoms with van der Waals surface area (Å²) < 4.78 is 0. The van der Waals surface area contributed by atoms with Crippen molar-refractivity contribution in [3.05, 3.63) is 34.3 Å². The fraction of sp³-hybridized carbons (Fsp3) is 0.625. The molecule has 2 aliphatic rings. The second-order valence-corrected chi connectivity index (χ2v) is 6.36. The Morgan fingerprint density at radius 1 is 1.22 bits per heavy atom. The van der Waals surface area contributed by atoms with Gasteiger partial charge in [-0.2, -0.15) is 0 Å². The molecule has 0 aliphatic heterocycles. The highest BCUT2D eigenvalue weighted by Crippen LogP contribution is 2.51. The van der Waals surface area contributed by atoms with Gasteiger partial charge >= 0.3 is 0 Å². The molecule has 2 heteroatoms. The van der Waals surface area contributed by atoms with Crippen molar-refractivity contribution in [3.8, 4) is 0 Å². The monoisotopic (exact) mass is 263 g/mol. The van der Waals surface area contributed by atoms with Crippen molar-refractivity contribution < 1.29 is 0 Å². The third kappa shape index (κ3) is 1.80. The summed E-state index contributed by atoms with van der Waals surface area (Å²) in [5.41, 5.74) is 9.34. The quantitative estimate of drug-likeness (QED) is 0.812. The number of benzene rings is 1. The first-order chi connectivity index (χ1) is 8.78. The highest BCUT2D eigenvalue weighted by atomic mass is 35.5. The molecule has 0 saturated heterocycles. The maximum Gasteiger partial charge on any atom is 0.0440 e. The van der Waals surface area contributed by atoms with Crippen molar-refractivity contribution in [2.24, 2.45) is 11.7 Å². The molecule has 0 amide bonds. The molecule has 1 saturated carbocycles. The molecule has 2 N–H and O–H groups in total. The molecular weight excluding hydrogens is 242 g/mol. The predicted molar refractivity (Wildman–Crippen MR) is 77.1 cm³/mol. The first-order valence-corrected chi connectivity index (χ1v) is 7.64. The molecule has 0 radical (unpaired) electrons. The Hall–Kier alpha value is -0.530. The molecule has 0 aromatic heterocycles. The van der Waals surface area contributed by atoms with Crippen LogP contribution >= 0.6 is 11.6 Å². The molecule has 1 nitrogen and oxygen atoms in total. The van der Waals surface area contributed by atoms with Crippen LogP contribution in [0.4, 0.5) is 0 Å². The van der Waals surface area contributed by atoms with Gasteiger partial charge in [-0.15, -0.1) is 0 Å². The molecule has 3 rings (SSSR count). The van der Waals surface area contributed by atoms with Gasteiger partial charge in [0.25, 0.3) is 0 Å². The highest BCUT2D eigenvalue weighted by molar-refractivity contribution is 6.31. The second-order valence-electron chi connectivity index (χ2n) is 5.95. The molecule has 1 atom stereocenters. The Balaban J connectivity index is 2.11. The van der Waals surface area contributed by atoms with Gasteiger partial charge in [-0.3, -0.25) is 0 Å². The van der Waals surface area contributed by atoms with Crippen molar-refractivity contribution in [1.82, 2.24) is 0 Å². The van der Waals surface area contributed by atoms with Gasteiger partial charge in [0, 0.05) is 5.02 Å². The number of rotatable bonds is 1. The van der Waals surface area contributed by atoms with E-state index in [0.29, 0.717) is 11.3 Å². The lowest BCUT2D eigenvalue weighted by atomic mass is 9.57. The lowest BCUT2D eigenvalue weighted by Gasteiger charge is -2.48. The second kappa shape index (κ2) is 4.86. The maximum absolute atomic E-state index is 6.40. The predicted octanol–water partition coefficient (Wildman–Crippen LogP) is 4.06. The van der Waals surface area contributed by atoms with Crippen LogP contribution in [0.25, 0.3) is 0 Å². The van der Waals surface area contributed by atoms with E-state index in [1.54, 1.807) is 0 Å². The number of hydrogen-bond donors (Lipinski definition) is 1. The Morgan fingerprint density at radius 2 is 2.00 bits per heavy atom. The van der Waals surface area contributed by atoms with E-state index in [9.17, 15) is 0 Å². The summed E-state index contributed by atoms with van der Waals surface area (Å²) in [4.78, 5) is 0. The summed E-state index contributed by atoms with van der Waals surface area (Å²) in [7, 11) is 0. The van der Waals surface area contributed by atoms with Gasteiger partial charge in [0.05, 0.1) is 0 Å². The Labute approximate surface area is 115 Å². The van der Waals surface area contributed by atoms with Crippen LogP contribution in [0.5, 0.6) is 0 Å². The van der Waals surface area contributed by atoms with Gasteiger partial charge in [0.1, 0.15) is 0 Å². The van der Waals surface area contributed by atoms with Gasteiger partial charge < -0.3 is 5.73 Å². The van der Waals surface area contributed by atoms with Gasteiger partial charge in [-0.05, 0) is 60.8 Å². The van der Waals surface area contributed by atoms with E-state index in [4.69, 9.17) is 17.3 Å². The average Bonchev–Trinajstić information content (AvgIpc) is 2.41. The third-order valence-corrected chi connectivity index (χ3v) is 5.56. The zero-order valence-corrected chi connectivity index (χ0v) is 11.7. The minimum Gasteiger partial charge on any atom is -0.330 e. The highest BCUT2D eigenvalue weighted by Gasteiger charge is 2.44. The molecule has 18 heavy (non-hydrogen) atoms. The lowest BCUT2D eigenvalue weighted by molar-refractivity contribution is 0.171. The van der Waals surface area contributed by atoms with E-state index in [1.807, 2.05) is 6.07 Å². The normalized spacial score (nSPS) is 26.0. The van der Waals surface area contributed by atoms with E-state index in [1.165, 1.54) is 49.7 Å². The van der Waals surface area contributed by atoms with Crippen LogP contribution in [0.1, 0.15) is 49.7 Å². The molecule has 0 bridgehead atoms. The van der Waals surface area contributed by atoms with Gasteiger partial charge in [-0.25, -0.2) is 0 Å². The largest absolute Gasteiger partial charge is 0.330 e. The SMILES string of the molecule is NCC1CCc2c(Cl)cccc2C12CCCCC2. The van der Waals surface area contributed by atoms with Crippen LogP contribution in [-0.2, 0) is 11.8 Å². The summed E-state index contributed by atoms with van der Waals surface area (Å²) in [5, 5.41) is 0.966. The molecule has 1 aromatic rings. The molecule has 0 heterocycles. The molecule has 1 unspecified atom stereocenters. The molecule has 1 spiro atoms. The van der Waals surface area contributed by atoms with Crippen LogP contribution < -0.4 is 5.73 Å². The van der Waals surface area contributed by atoms with Crippen molar-refractivity contribution in [1.29, 1.82) is 0 Å². The summed E-state index contributed by atoms with van der Waals surface area (Å²) in [6.45, 7) is 0.825. The zero-order valence-electron chi connectivity index (χ0n) is 10.9. The third-order valence-electron chi connectivity index (χ3n) is 5.21. The van der Waals surface area contributed by atoms with E-state index in [0.717, 1.165) is 18.0 Å². The maximum atomic E-state index is 6.40. The zero-order chi connectivity index (χ0) is 12.6. The van der Waals surface area contributed by atoms with Crippen molar-refractivity contribution in [2.45, 2.75) is 50.4 Å². The molecular formula is C16H22ClN. The fourth-order valence-electron chi connectivity index (χ4n) is 4.30. The standard InChI is InChI=1S/C16H22ClN/c17-15-6-4-5-14-13(15)8-7-12(11-18)16(14)9-2-1-3-10-16/h4-6,12H,1-3,7-11,18H2. The van der Waals surface area contributed by atoms with Crippen LogP contribution in [-0.4, -0.2) is 6.54 Å². The van der Waals surface area contributed by atoms with E-state index in [2.05, 4.69) is 12.1 Å². The summed E-state index contributed by atoms with van der Waals surface area (Å²) in [6, 6.07) is 6.48. The minimum absolute atomic E-state index is 0.339. The van der Waals surface area contributed by atoms with Crippen molar-refractivity contribution in [2.75, 3.05) is 6.54 Å². The first kappa shape index (κ1) is 12.5. The van der Waals surface area contributed by atoms with E-state index < -0.39 is 0 Å². The van der Waals surface area contributed by atoms with Crippen LogP contribution in [0.3, 0.4) is 0 Å². The van der Waals surface area contributed by atoms with E-state index in [-0.39, 0.29) is 0 Å². The van der Waals surface area contributed by atoms with Gasteiger partial charge in [0.15, 0.2) is 0 Å². The van der Waals surface area contributed by atoms with Crippen LogP contribution in [0.2, 0.25) is 5.02 Å². The first-order valence-electron chi connectivity index (χ1n) is 7.26. The van der Waals surface area contributed by atoms with Gasteiger partial charge in [-0.1, -0.05) is 43.0 Å². The van der Waals surface area contributed by atoms with Crippen molar-refractivity contribution >= 4 is 11.6 Å². The number of halogens is 1. The van der Waals surface area contributed by atoms with Crippen LogP contribution in [0, 0.1) is 5.92 Å². The van der Waals surface area contributed by atoms with Crippen molar-refractivity contribution in [3.63, 3.8) is 0 Å². The lowest BCUT2D eigenvalue weighted by Crippen LogP contribution is -2.44. The summed E-state index contributed by atoms with van der Waals surface area (Å²) in [6.07, 6.45) is 9.02. The number of hydrogen-bond acceptors (Lipinski definition) is 1. The van der Waals surface area contributed by atoms with Gasteiger partial charge in [0.2, 0.25) is 0 Å². The molecule has 1 fully saturated rings. The van der Waals surface area contributed by atoms with E-state index >= 15 is 0 Å². The number of fused-ring (bicyclic) bond motifs is 2. The number of nitrogens with two attached hydrogens (primary N) is 1. The molecule has 2 aliphatic carbocycles. The summed E-state index contributed by atoms with van der Waals surface area (Å²) in [5.74, 6) is 0.656. The average molecular weight is 264 g/mol.